The van der Waals surface area contributed by atoms with Crippen LogP contribution < -0.4 is 5.56 Å². The van der Waals surface area contributed by atoms with E-state index in [4.69, 9.17) is 0 Å². The highest BCUT2D eigenvalue weighted by Gasteiger charge is 2.13. The Bertz CT molecular complexity index is 1290. The van der Waals surface area contributed by atoms with Gasteiger partial charge in [0, 0.05) is 41.3 Å². The van der Waals surface area contributed by atoms with Gasteiger partial charge in [-0.25, -0.2) is 4.98 Å². The van der Waals surface area contributed by atoms with Crippen molar-refractivity contribution in [2.75, 3.05) is 0 Å². The van der Waals surface area contributed by atoms with E-state index >= 15 is 0 Å². The number of fused-ring (bicyclic) bond motifs is 1. The predicted molar refractivity (Wildman–Crippen MR) is 124 cm³/mol. The molecule has 0 fully saturated rings. The van der Waals surface area contributed by atoms with E-state index in [1.54, 1.807) is 24.7 Å². The van der Waals surface area contributed by atoms with Crippen molar-refractivity contribution in [2.45, 2.75) is 0 Å². The van der Waals surface area contributed by atoms with E-state index in [1.165, 1.54) is 6.07 Å². The van der Waals surface area contributed by atoms with Crippen LogP contribution in [0.5, 0.6) is 0 Å². The summed E-state index contributed by atoms with van der Waals surface area (Å²) in [6.07, 6.45) is 9.06. The van der Waals surface area contributed by atoms with Crippen molar-refractivity contribution >= 4 is 42.9 Å². The molecule has 0 atom stereocenters. The molecule has 0 spiro atoms. The fraction of sp³-hybridized carbons (Fsp3) is 0. The Kier molecular flexibility index (Phi) is 7.39. The standard InChI is InChI=1S/C20H14N6O.3ClH/c27-19-7-5-13(9-23-19)20-15(10-24-25-20)14-4-6-18-22-11-17(26(18)12-14)16-3-1-2-8-21-16;;;/h1-12H,(H,23,27)(H,24,25);3*1H. The smallest absolute Gasteiger partial charge is 0.247 e. The molecule has 0 aromatic carbocycles. The number of rotatable bonds is 3. The first-order valence-corrected chi connectivity index (χ1v) is 8.41. The zero-order chi connectivity index (χ0) is 18.2. The Morgan fingerprint density at radius 1 is 0.867 bits per heavy atom. The third kappa shape index (κ3) is 4.09. The molecule has 0 aliphatic rings. The Morgan fingerprint density at radius 3 is 2.43 bits per heavy atom. The van der Waals surface area contributed by atoms with E-state index in [9.17, 15) is 4.79 Å². The van der Waals surface area contributed by atoms with Gasteiger partial charge in [-0.3, -0.25) is 19.3 Å². The van der Waals surface area contributed by atoms with E-state index < -0.39 is 0 Å². The molecule has 2 N–H and O–H groups in total. The Labute approximate surface area is 189 Å². The van der Waals surface area contributed by atoms with Crippen LogP contribution in [0.4, 0.5) is 0 Å². The highest BCUT2D eigenvalue weighted by molar-refractivity contribution is 5.86. The fourth-order valence-electron chi connectivity index (χ4n) is 3.13. The van der Waals surface area contributed by atoms with Gasteiger partial charge in [-0.1, -0.05) is 6.07 Å². The molecule has 0 saturated carbocycles. The lowest BCUT2D eigenvalue weighted by atomic mass is 10.0. The zero-order valence-corrected chi connectivity index (χ0v) is 17.8. The zero-order valence-electron chi connectivity index (χ0n) is 15.4. The lowest BCUT2D eigenvalue weighted by molar-refractivity contribution is 1.09. The molecule has 10 heteroatoms. The summed E-state index contributed by atoms with van der Waals surface area (Å²) in [5.41, 5.74) is 6.09. The normalized spacial score (nSPS) is 10.0. The van der Waals surface area contributed by atoms with Gasteiger partial charge in [0.2, 0.25) is 5.56 Å². The van der Waals surface area contributed by atoms with Crippen LogP contribution in [-0.4, -0.2) is 29.5 Å². The van der Waals surface area contributed by atoms with Gasteiger partial charge < -0.3 is 4.98 Å². The Morgan fingerprint density at radius 2 is 1.70 bits per heavy atom. The first-order chi connectivity index (χ1) is 13.3. The van der Waals surface area contributed by atoms with Gasteiger partial charge in [0.15, 0.2) is 0 Å². The maximum absolute atomic E-state index is 11.3. The minimum atomic E-state index is -0.139. The molecule has 0 aliphatic heterocycles. The number of hydrogen-bond acceptors (Lipinski definition) is 4. The predicted octanol–water partition coefficient (Wildman–Crippen LogP) is 4.41. The molecule has 30 heavy (non-hydrogen) atoms. The number of imidazole rings is 1. The van der Waals surface area contributed by atoms with Crippen LogP contribution in [0.1, 0.15) is 0 Å². The lowest BCUT2D eigenvalue weighted by Crippen LogP contribution is -2.01. The molecule has 0 saturated heterocycles. The highest BCUT2D eigenvalue weighted by atomic mass is 35.5. The summed E-state index contributed by atoms with van der Waals surface area (Å²) in [4.78, 5) is 22.9. The molecule has 5 heterocycles. The van der Waals surface area contributed by atoms with Gasteiger partial charge >= 0.3 is 0 Å². The second kappa shape index (κ2) is 9.58. The molecular weight excluding hydrogens is 447 g/mol. The molecule has 0 unspecified atom stereocenters. The van der Waals surface area contributed by atoms with Crippen molar-refractivity contribution in [1.29, 1.82) is 0 Å². The number of nitrogens with zero attached hydrogens (tertiary/aromatic N) is 4. The topological polar surface area (TPSA) is 91.7 Å². The second-order valence-electron chi connectivity index (χ2n) is 6.10. The first kappa shape index (κ1) is 23.2. The van der Waals surface area contributed by atoms with E-state index in [2.05, 4.69) is 25.1 Å². The summed E-state index contributed by atoms with van der Waals surface area (Å²) in [5.74, 6) is 0. The Balaban J connectivity index is 0.00000107. The molecule has 5 aromatic heterocycles. The minimum Gasteiger partial charge on any atom is -0.328 e. The lowest BCUT2D eigenvalue weighted by Gasteiger charge is -2.06. The largest absolute Gasteiger partial charge is 0.328 e. The number of pyridine rings is 3. The molecular formula is C20H17Cl3N6O. The van der Waals surface area contributed by atoms with Crippen molar-refractivity contribution < 1.29 is 0 Å². The summed E-state index contributed by atoms with van der Waals surface area (Å²) in [6, 6.07) is 13.0. The second-order valence-corrected chi connectivity index (χ2v) is 6.10. The van der Waals surface area contributed by atoms with E-state index in [1.807, 2.05) is 47.1 Å². The van der Waals surface area contributed by atoms with Gasteiger partial charge in [-0.2, -0.15) is 5.10 Å². The van der Waals surface area contributed by atoms with E-state index in [0.717, 1.165) is 39.4 Å². The molecule has 0 bridgehead atoms. The number of aromatic amines is 2. The summed E-state index contributed by atoms with van der Waals surface area (Å²) in [6.45, 7) is 0. The Hall–Kier alpha value is -3.13. The summed E-state index contributed by atoms with van der Waals surface area (Å²) < 4.78 is 2.02. The van der Waals surface area contributed by atoms with Crippen LogP contribution >= 0.6 is 37.2 Å². The van der Waals surface area contributed by atoms with E-state index in [0.29, 0.717) is 0 Å². The summed E-state index contributed by atoms with van der Waals surface area (Å²) >= 11 is 0. The van der Waals surface area contributed by atoms with Gasteiger partial charge in [0.05, 0.1) is 29.5 Å². The average Bonchev–Trinajstić information content (AvgIpc) is 3.36. The summed E-state index contributed by atoms with van der Waals surface area (Å²) in [7, 11) is 0. The molecule has 5 aromatic rings. The molecule has 154 valence electrons. The van der Waals surface area contributed by atoms with Crippen LogP contribution in [-0.2, 0) is 0 Å². The van der Waals surface area contributed by atoms with Crippen molar-refractivity contribution in [3.63, 3.8) is 0 Å². The maximum Gasteiger partial charge on any atom is 0.247 e. The number of aromatic nitrogens is 6. The van der Waals surface area contributed by atoms with Gasteiger partial charge in [0.25, 0.3) is 0 Å². The molecule has 7 nitrogen and oxygen atoms in total. The quantitative estimate of drug-likeness (QED) is 0.415. The average molecular weight is 464 g/mol. The van der Waals surface area contributed by atoms with Crippen LogP contribution in [0.25, 0.3) is 39.4 Å². The minimum absolute atomic E-state index is 0. The van der Waals surface area contributed by atoms with Crippen molar-refractivity contribution in [3.05, 3.63) is 83.8 Å². The van der Waals surface area contributed by atoms with Gasteiger partial charge in [-0.15, -0.1) is 37.2 Å². The number of halogens is 3. The summed E-state index contributed by atoms with van der Waals surface area (Å²) in [5, 5.41) is 7.21. The van der Waals surface area contributed by atoms with Gasteiger partial charge in [0.1, 0.15) is 5.65 Å². The van der Waals surface area contributed by atoms with Crippen LogP contribution in [0.15, 0.2) is 78.2 Å². The number of H-pyrrole nitrogens is 2. The number of nitrogens with one attached hydrogen (secondary N) is 2. The van der Waals surface area contributed by atoms with Crippen LogP contribution in [0, 0.1) is 0 Å². The SMILES string of the molecule is Cl.Cl.Cl.O=c1ccc(-c2[nH]ncc2-c2ccc3ncc(-c4ccccn4)n3c2)c[nH]1. The molecule has 5 rings (SSSR count). The fourth-order valence-corrected chi connectivity index (χ4v) is 3.13. The number of hydrogen-bond donors (Lipinski definition) is 2. The molecule has 0 amide bonds. The first-order valence-electron chi connectivity index (χ1n) is 8.41. The maximum atomic E-state index is 11.3. The van der Waals surface area contributed by atoms with E-state index in [-0.39, 0.29) is 42.8 Å². The monoisotopic (exact) mass is 462 g/mol. The van der Waals surface area contributed by atoms with Crippen molar-refractivity contribution in [1.82, 2.24) is 29.5 Å². The molecule has 0 aliphatic carbocycles. The van der Waals surface area contributed by atoms with Crippen molar-refractivity contribution in [2.24, 2.45) is 0 Å². The van der Waals surface area contributed by atoms with Gasteiger partial charge in [-0.05, 0) is 30.3 Å². The highest BCUT2D eigenvalue weighted by Crippen LogP contribution is 2.30. The van der Waals surface area contributed by atoms with Crippen molar-refractivity contribution in [3.8, 4) is 33.8 Å². The third-order valence-corrected chi connectivity index (χ3v) is 4.46. The third-order valence-electron chi connectivity index (χ3n) is 4.46. The molecule has 0 radical (unpaired) electrons. The van der Waals surface area contributed by atoms with Crippen LogP contribution in [0.2, 0.25) is 0 Å². The van der Waals surface area contributed by atoms with Crippen LogP contribution in [0.3, 0.4) is 0 Å².